The van der Waals surface area contributed by atoms with Gasteiger partial charge in [-0.2, -0.15) is 5.10 Å². The molecule has 0 fully saturated rings. The van der Waals surface area contributed by atoms with Crippen LogP contribution in [0.5, 0.6) is 0 Å². The molecular weight excluding hydrogens is 226 g/mol. The van der Waals surface area contributed by atoms with Crippen LogP contribution in [0.3, 0.4) is 0 Å². The second kappa shape index (κ2) is 4.77. The lowest BCUT2D eigenvalue weighted by molar-refractivity contribution is 0.562. The maximum atomic E-state index is 11.0. The fraction of sp³-hybridized carbons (Fsp3) is 0.571. The zero-order valence-electron chi connectivity index (χ0n) is 7.77. The van der Waals surface area contributed by atoms with Crippen molar-refractivity contribution in [1.29, 1.82) is 0 Å². The second-order valence-corrected chi connectivity index (χ2v) is 5.25. The molecule has 1 N–H and O–H groups in total. The van der Waals surface area contributed by atoms with Crippen LogP contribution >= 0.6 is 11.6 Å². The van der Waals surface area contributed by atoms with Crippen LogP contribution < -0.4 is 4.72 Å². The summed E-state index contributed by atoms with van der Waals surface area (Å²) in [6, 6.07) is 0. The normalized spacial score (nSPS) is 11.9. The highest BCUT2D eigenvalue weighted by molar-refractivity contribution is 7.89. The number of halogens is 1. The Kier molecular flexibility index (Phi) is 3.91. The molecular formula is C7H12ClN3O2S. The summed E-state index contributed by atoms with van der Waals surface area (Å²) in [6.45, 7) is 2.40. The Labute approximate surface area is 88.1 Å². The predicted octanol–water partition coefficient (Wildman–Crippen LogP) is 0.476. The van der Waals surface area contributed by atoms with E-state index >= 15 is 0 Å². The van der Waals surface area contributed by atoms with Gasteiger partial charge in [-0.05, 0) is 6.92 Å². The number of sulfonamides is 1. The van der Waals surface area contributed by atoms with Crippen molar-refractivity contribution in [3.05, 3.63) is 17.4 Å². The average Bonchev–Trinajstić information content (AvgIpc) is 2.51. The molecule has 0 bridgehead atoms. The van der Waals surface area contributed by atoms with Crippen LogP contribution in [0.1, 0.15) is 6.92 Å². The number of nitrogens with zero attached hydrogens (tertiary/aromatic N) is 2. The molecule has 0 aromatic carbocycles. The Balaban J connectivity index is 2.36. The monoisotopic (exact) mass is 237 g/mol. The predicted molar refractivity (Wildman–Crippen MR) is 54.7 cm³/mol. The quantitative estimate of drug-likeness (QED) is 0.810. The Bertz CT molecular complexity index is 387. The minimum Gasteiger partial charge on any atom is -0.270 e. The summed E-state index contributed by atoms with van der Waals surface area (Å²) in [6.07, 6.45) is 3.15. The van der Waals surface area contributed by atoms with Crippen LogP contribution in [0.25, 0.3) is 0 Å². The van der Waals surface area contributed by atoms with Crippen molar-refractivity contribution >= 4 is 21.6 Å². The van der Waals surface area contributed by atoms with E-state index in [9.17, 15) is 8.42 Å². The maximum Gasteiger partial charge on any atom is 0.211 e. The first-order chi connectivity index (χ1) is 6.53. The summed E-state index contributed by atoms with van der Waals surface area (Å²) < 4.78 is 26.1. The van der Waals surface area contributed by atoms with Crippen LogP contribution in [-0.2, 0) is 16.6 Å². The third kappa shape index (κ3) is 3.65. The van der Waals surface area contributed by atoms with Crippen molar-refractivity contribution in [2.24, 2.45) is 0 Å². The molecule has 0 aliphatic rings. The summed E-state index contributed by atoms with van der Waals surface area (Å²) in [7, 11) is -3.11. The number of hydrogen-bond donors (Lipinski definition) is 1. The molecule has 7 heteroatoms. The molecule has 1 rings (SSSR count). The lowest BCUT2D eigenvalue weighted by atomic mass is 10.6. The van der Waals surface area contributed by atoms with Gasteiger partial charge >= 0.3 is 0 Å². The van der Waals surface area contributed by atoms with E-state index in [2.05, 4.69) is 9.82 Å². The van der Waals surface area contributed by atoms with Crippen molar-refractivity contribution in [2.75, 3.05) is 12.3 Å². The highest BCUT2D eigenvalue weighted by Gasteiger charge is 2.04. The summed E-state index contributed by atoms with van der Waals surface area (Å²) in [5.74, 6) is 0.0901. The standard InChI is InChI=1S/C7H12ClN3O2S/c1-2-14(12,13)10-3-4-11-6-7(8)5-9-11/h5-6,10H,2-4H2,1H3. The molecule has 1 aromatic rings. The van der Waals surface area contributed by atoms with Crippen molar-refractivity contribution in [2.45, 2.75) is 13.5 Å². The summed E-state index contributed by atoms with van der Waals surface area (Å²) in [5.41, 5.74) is 0. The van der Waals surface area contributed by atoms with Crippen molar-refractivity contribution in [1.82, 2.24) is 14.5 Å². The van der Waals surface area contributed by atoms with Gasteiger partial charge in [-0.3, -0.25) is 4.68 Å². The van der Waals surface area contributed by atoms with Gasteiger partial charge in [0.25, 0.3) is 0 Å². The smallest absolute Gasteiger partial charge is 0.211 e. The maximum absolute atomic E-state index is 11.0. The molecule has 80 valence electrons. The van der Waals surface area contributed by atoms with Crippen LogP contribution in [0.15, 0.2) is 12.4 Å². The number of hydrogen-bond acceptors (Lipinski definition) is 3. The molecule has 0 amide bonds. The van der Waals surface area contributed by atoms with Gasteiger partial charge in [-0.1, -0.05) is 11.6 Å². The molecule has 1 aromatic heterocycles. The Morgan fingerprint density at radius 3 is 2.86 bits per heavy atom. The topological polar surface area (TPSA) is 64.0 Å². The highest BCUT2D eigenvalue weighted by atomic mass is 35.5. The van der Waals surface area contributed by atoms with Gasteiger partial charge in [-0.25, -0.2) is 13.1 Å². The fourth-order valence-electron chi connectivity index (χ4n) is 0.878. The van der Waals surface area contributed by atoms with Gasteiger partial charge in [0.05, 0.1) is 23.5 Å². The number of nitrogens with one attached hydrogen (secondary N) is 1. The van der Waals surface area contributed by atoms with E-state index in [-0.39, 0.29) is 5.75 Å². The van der Waals surface area contributed by atoms with Gasteiger partial charge in [0.15, 0.2) is 0 Å². The van der Waals surface area contributed by atoms with E-state index in [1.165, 1.54) is 6.20 Å². The second-order valence-electron chi connectivity index (χ2n) is 2.72. The van der Waals surface area contributed by atoms with E-state index < -0.39 is 10.0 Å². The number of aromatic nitrogens is 2. The molecule has 0 saturated carbocycles. The van der Waals surface area contributed by atoms with E-state index in [1.54, 1.807) is 17.8 Å². The first-order valence-corrected chi connectivity index (χ1v) is 6.22. The first-order valence-electron chi connectivity index (χ1n) is 4.19. The van der Waals surface area contributed by atoms with Gasteiger partial charge < -0.3 is 0 Å². The number of rotatable bonds is 5. The van der Waals surface area contributed by atoms with Crippen molar-refractivity contribution < 1.29 is 8.42 Å². The van der Waals surface area contributed by atoms with Crippen molar-refractivity contribution in [3.8, 4) is 0 Å². The lowest BCUT2D eigenvalue weighted by Crippen LogP contribution is -2.28. The molecule has 0 unspecified atom stereocenters. The average molecular weight is 238 g/mol. The zero-order valence-corrected chi connectivity index (χ0v) is 9.35. The SMILES string of the molecule is CCS(=O)(=O)NCCn1cc(Cl)cn1. The summed E-state index contributed by atoms with van der Waals surface area (Å²) >= 11 is 5.63. The van der Waals surface area contributed by atoms with Gasteiger partial charge in [0, 0.05) is 12.7 Å². The van der Waals surface area contributed by atoms with Gasteiger partial charge in [0.1, 0.15) is 0 Å². The first kappa shape index (κ1) is 11.5. The van der Waals surface area contributed by atoms with E-state index in [4.69, 9.17) is 11.6 Å². The molecule has 14 heavy (non-hydrogen) atoms. The minimum atomic E-state index is -3.11. The molecule has 0 aliphatic carbocycles. The fourth-order valence-corrected chi connectivity index (χ4v) is 1.64. The van der Waals surface area contributed by atoms with Crippen LogP contribution in [-0.4, -0.2) is 30.5 Å². The Hall–Kier alpha value is -0.590. The Morgan fingerprint density at radius 1 is 1.64 bits per heavy atom. The third-order valence-electron chi connectivity index (χ3n) is 1.64. The van der Waals surface area contributed by atoms with Gasteiger partial charge in [-0.15, -0.1) is 0 Å². The third-order valence-corrected chi connectivity index (χ3v) is 3.24. The van der Waals surface area contributed by atoms with Crippen molar-refractivity contribution in [3.63, 3.8) is 0 Å². The molecule has 0 aliphatic heterocycles. The summed E-state index contributed by atoms with van der Waals surface area (Å²) in [4.78, 5) is 0. The summed E-state index contributed by atoms with van der Waals surface area (Å²) in [5, 5.41) is 4.46. The van der Waals surface area contributed by atoms with Crippen LogP contribution in [0.4, 0.5) is 0 Å². The van der Waals surface area contributed by atoms with Crippen LogP contribution in [0, 0.1) is 0 Å². The molecule has 0 spiro atoms. The lowest BCUT2D eigenvalue weighted by Gasteiger charge is -2.03. The highest BCUT2D eigenvalue weighted by Crippen LogP contribution is 2.03. The molecule has 0 atom stereocenters. The van der Waals surface area contributed by atoms with E-state index in [1.807, 2.05) is 0 Å². The zero-order chi connectivity index (χ0) is 10.6. The van der Waals surface area contributed by atoms with Crippen LogP contribution in [0.2, 0.25) is 5.02 Å². The largest absolute Gasteiger partial charge is 0.270 e. The molecule has 0 saturated heterocycles. The Morgan fingerprint density at radius 2 is 2.36 bits per heavy atom. The minimum absolute atomic E-state index is 0.0901. The molecule has 1 heterocycles. The molecule has 5 nitrogen and oxygen atoms in total. The van der Waals surface area contributed by atoms with E-state index in [0.717, 1.165) is 0 Å². The van der Waals surface area contributed by atoms with E-state index in [0.29, 0.717) is 18.1 Å². The van der Waals surface area contributed by atoms with Gasteiger partial charge in [0.2, 0.25) is 10.0 Å². The molecule has 0 radical (unpaired) electrons.